The van der Waals surface area contributed by atoms with Gasteiger partial charge in [-0.15, -0.1) is 0 Å². The van der Waals surface area contributed by atoms with Gasteiger partial charge in [-0.2, -0.15) is 5.26 Å². The summed E-state index contributed by atoms with van der Waals surface area (Å²) in [4.78, 5) is 8.01. The minimum Gasteiger partial charge on any atom is -0.383 e. The number of aromatic nitrogens is 3. The first kappa shape index (κ1) is 8.51. The largest absolute Gasteiger partial charge is 0.383 e. The molecule has 2 rings (SSSR count). The molecule has 5 nitrogen and oxygen atoms in total. The zero-order valence-corrected chi connectivity index (χ0v) is 7.51. The van der Waals surface area contributed by atoms with Gasteiger partial charge in [0.15, 0.2) is 0 Å². The molecule has 14 heavy (non-hydrogen) atoms. The van der Waals surface area contributed by atoms with E-state index in [0.717, 1.165) is 11.0 Å². The van der Waals surface area contributed by atoms with Gasteiger partial charge in [-0.3, -0.25) is 0 Å². The van der Waals surface area contributed by atoms with Crippen molar-refractivity contribution < 1.29 is 0 Å². The Balaban J connectivity index is 2.48. The van der Waals surface area contributed by atoms with E-state index in [1.54, 1.807) is 0 Å². The number of fused-ring (bicyclic) bond motifs is 1. The SMILES string of the molecule is N#CCCn1ccc2c(N)ncnc21. The predicted octanol–water partition coefficient (Wildman–Crippen LogP) is 0.927. The van der Waals surface area contributed by atoms with Crippen molar-refractivity contribution >= 4 is 16.9 Å². The van der Waals surface area contributed by atoms with E-state index < -0.39 is 0 Å². The number of rotatable bonds is 2. The van der Waals surface area contributed by atoms with Crippen LogP contribution in [0, 0.1) is 11.3 Å². The summed E-state index contributed by atoms with van der Waals surface area (Å²) in [5, 5.41) is 9.31. The van der Waals surface area contributed by atoms with Gasteiger partial charge in [-0.25, -0.2) is 9.97 Å². The predicted molar refractivity (Wildman–Crippen MR) is 52.2 cm³/mol. The summed E-state index contributed by atoms with van der Waals surface area (Å²) in [6.07, 6.45) is 3.77. The Kier molecular flexibility index (Phi) is 2.03. The molecule has 2 aromatic heterocycles. The van der Waals surface area contributed by atoms with Crippen molar-refractivity contribution in [1.82, 2.24) is 14.5 Å². The van der Waals surface area contributed by atoms with E-state index in [1.807, 2.05) is 16.8 Å². The zero-order valence-electron chi connectivity index (χ0n) is 7.51. The fourth-order valence-corrected chi connectivity index (χ4v) is 1.37. The van der Waals surface area contributed by atoms with Crippen molar-refractivity contribution in [2.45, 2.75) is 13.0 Å². The van der Waals surface area contributed by atoms with Crippen LogP contribution < -0.4 is 5.73 Å². The van der Waals surface area contributed by atoms with E-state index in [-0.39, 0.29) is 0 Å². The number of nitrogens with zero attached hydrogens (tertiary/aromatic N) is 4. The fraction of sp³-hybridized carbons (Fsp3) is 0.222. The monoisotopic (exact) mass is 187 g/mol. The Morgan fingerprint density at radius 3 is 3.14 bits per heavy atom. The van der Waals surface area contributed by atoms with Gasteiger partial charge < -0.3 is 10.3 Å². The Morgan fingerprint density at radius 1 is 1.50 bits per heavy atom. The lowest BCUT2D eigenvalue weighted by Crippen LogP contribution is -1.98. The average molecular weight is 187 g/mol. The first-order valence-electron chi connectivity index (χ1n) is 4.25. The molecule has 0 saturated carbocycles. The number of hydrogen-bond donors (Lipinski definition) is 1. The molecule has 0 aliphatic carbocycles. The first-order valence-corrected chi connectivity index (χ1v) is 4.25. The zero-order chi connectivity index (χ0) is 9.97. The quantitative estimate of drug-likeness (QED) is 0.758. The number of anilines is 1. The van der Waals surface area contributed by atoms with Crippen LogP contribution in [0.5, 0.6) is 0 Å². The minimum absolute atomic E-state index is 0.466. The van der Waals surface area contributed by atoms with Gasteiger partial charge in [-0.05, 0) is 6.07 Å². The Morgan fingerprint density at radius 2 is 2.36 bits per heavy atom. The number of nitrogen functional groups attached to an aromatic ring is 1. The van der Waals surface area contributed by atoms with Gasteiger partial charge in [-0.1, -0.05) is 0 Å². The molecule has 0 fully saturated rings. The molecule has 2 aromatic rings. The van der Waals surface area contributed by atoms with Gasteiger partial charge in [0, 0.05) is 12.7 Å². The summed E-state index contributed by atoms with van der Waals surface area (Å²) in [6, 6.07) is 3.95. The highest BCUT2D eigenvalue weighted by Gasteiger charge is 2.04. The number of nitrogens with two attached hydrogens (primary N) is 1. The maximum absolute atomic E-state index is 8.47. The summed E-state index contributed by atoms with van der Waals surface area (Å²) in [5.41, 5.74) is 6.45. The molecule has 5 heteroatoms. The summed E-state index contributed by atoms with van der Waals surface area (Å²) in [5.74, 6) is 0.478. The highest BCUT2D eigenvalue weighted by atomic mass is 15.1. The van der Waals surface area contributed by atoms with Crippen LogP contribution in [0.2, 0.25) is 0 Å². The molecule has 0 spiro atoms. The van der Waals surface area contributed by atoms with E-state index in [1.165, 1.54) is 6.33 Å². The van der Waals surface area contributed by atoms with Crippen LogP contribution in [-0.2, 0) is 6.54 Å². The molecule has 0 aromatic carbocycles. The fourth-order valence-electron chi connectivity index (χ4n) is 1.37. The average Bonchev–Trinajstić information content (AvgIpc) is 2.60. The Labute approximate surface area is 80.8 Å². The Hall–Kier alpha value is -2.09. The highest BCUT2D eigenvalue weighted by Crippen LogP contribution is 2.17. The smallest absolute Gasteiger partial charge is 0.145 e. The highest BCUT2D eigenvalue weighted by molar-refractivity contribution is 5.85. The van der Waals surface area contributed by atoms with Gasteiger partial charge in [0.2, 0.25) is 0 Å². The molecule has 0 saturated heterocycles. The molecule has 0 aliphatic heterocycles. The standard InChI is InChI=1S/C9H9N5/c10-3-1-4-14-5-2-7-8(11)12-6-13-9(7)14/h2,5-6H,1,4H2,(H2,11,12,13). The third kappa shape index (κ3) is 1.27. The summed E-state index contributed by atoms with van der Waals surface area (Å²) in [7, 11) is 0. The van der Waals surface area contributed by atoms with E-state index in [0.29, 0.717) is 18.8 Å². The summed E-state index contributed by atoms with van der Waals surface area (Å²) >= 11 is 0. The number of aryl methyl sites for hydroxylation is 1. The van der Waals surface area contributed by atoms with Crippen molar-refractivity contribution in [3.8, 4) is 6.07 Å². The maximum Gasteiger partial charge on any atom is 0.145 e. The molecule has 70 valence electrons. The van der Waals surface area contributed by atoms with Gasteiger partial charge >= 0.3 is 0 Å². The summed E-state index contributed by atoms with van der Waals surface area (Å²) < 4.78 is 1.90. The van der Waals surface area contributed by atoms with Crippen molar-refractivity contribution in [3.63, 3.8) is 0 Å². The molecule has 0 atom stereocenters. The van der Waals surface area contributed by atoms with E-state index in [2.05, 4.69) is 16.0 Å². The van der Waals surface area contributed by atoms with Gasteiger partial charge in [0.05, 0.1) is 17.9 Å². The van der Waals surface area contributed by atoms with Crippen molar-refractivity contribution in [1.29, 1.82) is 5.26 Å². The van der Waals surface area contributed by atoms with Crippen LogP contribution in [0.25, 0.3) is 11.0 Å². The van der Waals surface area contributed by atoms with Crippen molar-refractivity contribution in [2.24, 2.45) is 0 Å². The van der Waals surface area contributed by atoms with Crippen molar-refractivity contribution in [3.05, 3.63) is 18.6 Å². The van der Waals surface area contributed by atoms with E-state index in [9.17, 15) is 0 Å². The lowest BCUT2D eigenvalue weighted by Gasteiger charge is -2.00. The second-order valence-electron chi connectivity index (χ2n) is 2.91. The first-order chi connectivity index (χ1) is 6.83. The van der Waals surface area contributed by atoms with Crippen LogP contribution in [0.15, 0.2) is 18.6 Å². The van der Waals surface area contributed by atoms with Crippen molar-refractivity contribution in [2.75, 3.05) is 5.73 Å². The topological polar surface area (TPSA) is 80.5 Å². The van der Waals surface area contributed by atoms with Crippen LogP contribution in [0.4, 0.5) is 5.82 Å². The molecule has 0 amide bonds. The lowest BCUT2D eigenvalue weighted by molar-refractivity contribution is 0.736. The second-order valence-corrected chi connectivity index (χ2v) is 2.91. The van der Waals surface area contributed by atoms with Crippen LogP contribution >= 0.6 is 0 Å². The van der Waals surface area contributed by atoms with Gasteiger partial charge in [0.1, 0.15) is 17.8 Å². The second kappa shape index (κ2) is 3.34. The molecule has 0 bridgehead atoms. The molecule has 0 aliphatic rings. The normalized spacial score (nSPS) is 10.2. The summed E-state index contributed by atoms with van der Waals surface area (Å²) in [6.45, 7) is 0.635. The molecular formula is C9H9N5. The van der Waals surface area contributed by atoms with Gasteiger partial charge in [0.25, 0.3) is 0 Å². The minimum atomic E-state index is 0.466. The Bertz CT molecular complexity index is 493. The third-order valence-electron chi connectivity index (χ3n) is 2.05. The molecule has 2 heterocycles. The van der Waals surface area contributed by atoms with Crippen LogP contribution in [-0.4, -0.2) is 14.5 Å². The molecule has 2 N–H and O–H groups in total. The molecule has 0 radical (unpaired) electrons. The van der Waals surface area contributed by atoms with Crippen LogP contribution in [0.1, 0.15) is 6.42 Å². The third-order valence-corrected chi connectivity index (χ3v) is 2.05. The molecule has 0 unspecified atom stereocenters. The van der Waals surface area contributed by atoms with E-state index in [4.69, 9.17) is 11.0 Å². The molecular weight excluding hydrogens is 178 g/mol. The lowest BCUT2D eigenvalue weighted by atomic mass is 10.4. The number of hydrogen-bond acceptors (Lipinski definition) is 4. The number of nitriles is 1. The maximum atomic E-state index is 8.47. The van der Waals surface area contributed by atoms with Crippen LogP contribution in [0.3, 0.4) is 0 Å². The van der Waals surface area contributed by atoms with E-state index >= 15 is 0 Å².